The van der Waals surface area contributed by atoms with E-state index in [9.17, 15) is 0 Å². The molecule has 0 fully saturated rings. The maximum Gasteiger partial charge on any atom is 0.144 e. The van der Waals surface area contributed by atoms with Gasteiger partial charge in [0.1, 0.15) is 10.8 Å². The molecule has 0 aliphatic carbocycles. The molecule has 4 heteroatoms. The predicted molar refractivity (Wildman–Crippen MR) is 59.2 cm³/mol. The fraction of sp³-hybridized carbons (Fsp3) is 0.200. The Morgan fingerprint density at radius 2 is 2.00 bits per heavy atom. The molecule has 0 aliphatic heterocycles. The van der Waals surface area contributed by atoms with E-state index in [-0.39, 0.29) is 0 Å². The third-order valence-electron chi connectivity index (χ3n) is 2.09. The average molecular weight is 205 g/mol. The van der Waals surface area contributed by atoms with E-state index >= 15 is 0 Å². The molecule has 0 amide bonds. The number of nitrogen functional groups attached to an aromatic ring is 1. The third kappa shape index (κ3) is 1.61. The van der Waals surface area contributed by atoms with Gasteiger partial charge in [-0.3, -0.25) is 4.98 Å². The van der Waals surface area contributed by atoms with Gasteiger partial charge in [0, 0.05) is 11.1 Å². The minimum atomic E-state index is 0.560. The van der Waals surface area contributed by atoms with E-state index < -0.39 is 0 Å². The quantitative estimate of drug-likeness (QED) is 0.777. The lowest BCUT2D eigenvalue weighted by Gasteiger charge is -2.00. The smallest absolute Gasteiger partial charge is 0.144 e. The van der Waals surface area contributed by atoms with Gasteiger partial charge in [0.2, 0.25) is 0 Å². The summed E-state index contributed by atoms with van der Waals surface area (Å²) in [5.74, 6) is 0.560. The fourth-order valence-corrected chi connectivity index (χ4v) is 1.83. The molecule has 0 aromatic carbocycles. The number of pyridine rings is 1. The Morgan fingerprint density at radius 3 is 2.57 bits per heavy atom. The van der Waals surface area contributed by atoms with E-state index in [0.717, 1.165) is 16.4 Å². The van der Waals surface area contributed by atoms with Crippen molar-refractivity contribution in [1.29, 1.82) is 0 Å². The number of rotatable bonds is 1. The van der Waals surface area contributed by atoms with Crippen LogP contribution < -0.4 is 5.73 Å². The second kappa shape index (κ2) is 3.38. The summed E-state index contributed by atoms with van der Waals surface area (Å²) in [6.07, 6.45) is 0. The van der Waals surface area contributed by atoms with Crippen LogP contribution in [0.25, 0.3) is 10.7 Å². The number of hydrogen-bond donors (Lipinski definition) is 1. The predicted octanol–water partition coefficient (Wildman–Crippen LogP) is 2.40. The minimum absolute atomic E-state index is 0.560. The summed E-state index contributed by atoms with van der Waals surface area (Å²) in [5, 5.41) is 2.71. The Bertz CT molecular complexity index is 462. The third-order valence-corrected chi connectivity index (χ3v) is 2.97. The first-order valence-corrected chi connectivity index (χ1v) is 5.20. The summed E-state index contributed by atoms with van der Waals surface area (Å²) in [6, 6.07) is 4.02. The first-order chi connectivity index (χ1) is 6.66. The van der Waals surface area contributed by atoms with E-state index in [4.69, 9.17) is 5.73 Å². The lowest BCUT2D eigenvalue weighted by atomic mass is 10.2. The molecule has 0 aliphatic rings. The molecule has 0 unspecified atom stereocenters. The maximum absolute atomic E-state index is 5.56. The molecule has 0 saturated carbocycles. The molecule has 72 valence electrons. The molecular weight excluding hydrogens is 194 g/mol. The van der Waals surface area contributed by atoms with Gasteiger partial charge in [0.05, 0.1) is 5.69 Å². The molecule has 2 heterocycles. The van der Waals surface area contributed by atoms with E-state index in [2.05, 4.69) is 16.0 Å². The Labute approximate surface area is 86.6 Å². The van der Waals surface area contributed by atoms with E-state index in [1.165, 1.54) is 16.9 Å². The summed E-state index contributed by atoms with van der Waals surface area (Å²) in [4.78, 5) is 8.63. The molecule has 2 rings (SSSR count). The lowest BCUT2D eigenvalue weighted by Crippen LogP contribution is -1.90. The molecule has 14 heavy (non-hydrogen) atoms. The Hall–Kier alpha value is -1.42. The summed E-state index contributed by atoms with van der Waals surface area (Å²) in [5.41, 5.74) is 8.68. The molecular formula is C10H11N3S. The van der Waals surface area contributed by atoms with E-state index in [1.807, 2.05) is 25.3 Å². The number of hydrogen-bond acceptors (Lipinski definition) is 4. The average Bonchev–Trinajstić information content (AvgIpc) is 2.57. The lowest BCUT2D eigenvalue weighted by molar-refractivity contribution is 1.15. The highest BCUT2D eigenvalue weighted by atomic mass is 32.1. The molecule has 3 nitrogen and oxygen atoms in total. The van der Waals surface area contributed by atoms with Crippen LogP contribution in [0.4, 0.5) is 5.82 Å². The van der Waals surface area contributed by atoms with Gasteiger partial charge in [-0.25, -0.2) is 4.98 Å². The highest BCUT2D eigenvalue weighted by Crippen LogP contribution is 2.23. The second-order valence-electron chi connectivity index (χ2n) is 3.18. The molecule has 0 bridgehead atoms. The van der Waals surface area contributed by atoms with Gasteiger partial charge in [-0.2, -0.15) is 0 Å². The van der Waals surface area contributed by atoms with Gasteiger partial charge in [-0.05, 0) is 25.5 Å². The molecule has 0 radical (unpaired) electrons. The van der Waals surface area contributed by atoms with Gasteiger partial charge in [0.15, 0.2) is 0 Å². The van der Waals surface area contributed by atoms with Crippen molar-refractivity contribution >= 4 is 17.2 Å². The highest BCUT2D eigenvalue weighted by molar-refractivity contribution is 7.13. The number of thiazole rings is 1. The van der Waals surface area contributed by atoms with Crippen molar-refractivity contribution < 1.29 is 0 Å². The first-order valence-electron chi connectivity index (χ1n) is 4.32. The largest absolute Gasteiger partial charge is 0.383 e. The second-order valence-corrected chi connectivity index (χ2v) is 4.03. The Morgan fingerprint density at radius 1 is 1.21 bits per heavy atom. The molecule has 2 aromatic heterocycles. The van der Waals surface area contributed by atoms with Gasteiger partial charge in [-0.1, -0.05) is 6.07 Å². The van der Waals surface area contributed by atoms with Crippen LogP contribution in [-0.4, -0.2) is 9.97 Å². The van der Waals surface area contributed by atoms with Gasteiger partial charge in [-0.15, -0.1) is 11.3 Å². The number of aryl methyl sites for hydroxylation is 2. The Balaban J connectivity index is 2.47. The zero-order chi connectivity index (χ0) is 10.1. The molecule has 0 saturated heterocycles. The summed E-state index contributed by atoms with van der Waals surface area (Å²) in [6.45, 7) is 4.04. The van der Waals surface area contributed by atoms with Crippen molar-refractivity contribution in [2.45, 2.75) is 13.8 Å². The SMILES string of the molecule is Cc1ccc(-c2nc(N)cs2)nc1C. The minimum Gasteiger partial charge on any atom is -0.383 e. The van der Waals surface area contributed by atoms with Crippen LogP contribution in [0.5, 0.6) is 0 Å². The number of nitrogens with zero attached hydrogens (tertiary/aromatic N) is 2. The van der Waals surface area contributed by atoms with Crippen molar-refractivity contribution in [3.63, 3.8) is 0 Å². The van der Waals surface area contributed by atoms with Crippen molar-refractivity contribution in [2.75, 3.05) is 5.73 Å². The molecule has 0 atom stereocenters. The van der Waals surface area contributed by atoms with Crippen molar-refractivity contribution in [3.05, 3.63) is 28.8 Å². The first kappa shape index (κ1) is 9.15. The summed E-state index contributed by atoms with van der Waals surface area (Å²) >= 11 is 1.52. The monoisotopic (exact) mass is 205 g/mol. The van der Waals surface area contributed by atoms with Crippen LogP contribution in [-0.2, 0) is 0 Å². The van der Waals surface area contributed by atoms with Crippen LogP contribution >= 0.6 is 11.3 Å². The van der Waals surface area contributed by atoms with Crippen LogP contribution in [0.15, 0.2) is 17.5 Å². The van der Waals surface area contributed by atoms with Crippen LogP contribution in [0, 0.1) is 13.8 Å². The maximum atomic E-state index is 5.56. The molecule has 2 aromatic rings. The zero-order valence-corrected chi connectivity index (χ0v) is 8.93. The molecule has 0 spiro atoms. The summed E-state index contributed by atoms with van der Waals surface area (Å²) < 4.78 is 0. The standard InChI is InChI=1S/C10H11N3S/c1-6-3-4-8(12-7(6)2)10-13-9(11)5-14-10/h3-5H,11H2,1-2H3. The van der Waals surface area contributed by atoms with Crippen molar-refractivity contribution in [1.82, 2.24) is 9.97 Å². The normalized spacial score (nSPS) is 10.4. The van der Waals surface area contributed by atoms with Crippen molar-refractivity contribution in [3.8, 4) is 10.7 Å². The summed E-state index contributed by atoms with van der Waals surface area (Å²) in [7, 11) is 0. The number of nitrogens with two attached hydrogens (primary N) is 1. The van der Waals surface area contributed by atoms with Crippen LogP contribution in [0.1, 0.15) is 11.3 Å². The zero-order valence-electron chi connectivity index (χ0n) is 8.11. The van der Waals surface area contributed by atoms with Gasteiger partial charge in [0.25, 0.3) is 0 Å². The Kier molecular flexibility index (Phi) is 2.21. The van der Waals surface area contributed by atoms with Crippen LogP contribution in [0.2, 0.25) is 0 Å². The van der Waals surface area contributed by atoms with Crippen LogP contribution in [0.3, 0.4) is 0 Å². The highest BCUT2D eigenvalue weighted by Gasteiger charge is 2.05. The van der Waals surface area contributed by atoms with Gasteiger partial charge < -0.3 is 5.73 Å². The van der Waals surface area contributed by atoms with Gasteiger partial charge >= 0.3 is 0 Å². The number of aromatic nitrogens is 2. The van der Waals surface area contributed by atoms with E-state index in [1.54, 1.807) is 0 Å². The van der Waals surface area contributed by atoms with E-state index in [0.29, 0.717) is 5.82 Å². The van der Waals surface area contributed by atoms with Crippen molar-refractivity contribution in [2.24, 2.45) is 0 Å². The topological polar surface area (TPSA) is 51.8 Å². The number of anilines is 1. The fourth-order valence-electron chi connectivity index (χ4n) is 1.15. The molecule has 2 N–H and O–H groups in total.